The third-order valence-corrected chi connectivity index (χ3v) is 6.01. The van der Waals surface area contributed by atoms with Crippen molar-refractivity contribution in [2.75, 3.05) is 0 Å². The summed E-state index contributed by atoms with van der Waals surface area (Å²) in [6.45, 7) is 7.41. The maximum atomic E-state index is 10.0. The number of hydrogen-bond donors (Lipinski definition) is 1. The molecular formula is C29H28BIrN3O2. The van der Waals surface area contributed by atoms with Gasteiger partial charge in [0.05, 0.1) is 11.6 Å². The number of fused-ring (bicyclic) bond motifs is 2. The van der Waals surface area contributed by atoms with Crippen LogP contribution < -0.4 is 9.94 Å². The van der Waals surface area contributed by atoms with Crippen LogP contribution in [0.4, 0.5) is 5.82 Å². The molecule has 5 nitrogen and oxygen atoms in total. The molecule has 5 rings (SSSR count). The summed E-state index contributed by atoms with van der Waals surface area (Å²) < 4.78 is 2.26. The van der Waals surface area contributed by atoms with E-state index in [4.69, 9.17) is 10.1 Å². The Morgan fingerprint density at radius 1 is 1.11 bits per heavy atom. The molecule has 3 heterocycles. The van der Waals surface area contributed by atoms with E-state index in [9.17, 15) is 4.79 Å². The minimum absolute atomic E-state index is 0. The molecule has 1 aromatic carbocycles. The summed E-state index contributed by atoms with van der Waals surface area (Å²) in [5.74, 6) is 1.10. The first-order chi connectivity index (χ1) is 16.8. The summed E-state index contributed by atoms with van der Waals surface area (Å²) in [5.41, 5.74) is 6.96. The molecule has 36 heavy (non-hydrogen) atoms. The van der Waals surface area contributed by atoms with Crippen LogP contribution in [-0.2, 0) is 24.9 Å². The number of nitrogens with zero attached hydrogens (tertiary/aromatic N) is 3. The predicted molar refractivity (Wildman–Crippen MR) is 142 cm³/mol. The number of ketones is 1. The second-order valence-electron chi connectivity index (χ2n) is 8.77. The number of pyridine rings is 2. The molecule has 0 bridgehead atoms. The van der Waals surface area contributed by atoms with Crippen LogP contribution in [0.2, 0.25) is 5.82 Å². The molecule has 1 aliphatic carbocycles. The summed E-state index contributed by atoms with van der Waals surface area (Å²) in [4.78, 5) is 19.5. The van der Waals surface area contributed by atoms with Gasteiger partial charge in [-0.15, -0.1) is 6.07 Å². The zero-order valence-electron chi connectivity index (χ0n) is 20.8. The van der Waals surface area contributed by atoms with Crippen molar-refractivity contribution < 1.29 is 34.5 Å². The van der Waals surface area contributed by atoms with Gasteiger partial charge in [-0.05, 0) is 51.0 Å². The van der Waals surface area contributed by atoms with E-state index in [0.717, 1.165) is 22.8 Å². The van der Waals surface area contributed by atoms with Gasteiger partial charge in [-0.2, -0.15) is 5.56 Å². The Hall–Kier alpha value is -3.41. The van der Waals surface area contributed by atoms with E-state index in [1.807, 2.05) is 30.6 Å². The van der Waals surface area contributed by atoms with Gasteiger partial charge in [0.1, 0.15) is 0 Å². The zero-order valence-corrected chi connectivity index (χ0v) is 23.2. The van der Waals surface area contributed by atoms with Crippen molar-refractivity contribution in [2.45, 2.75) is 33.5 Å². The Kier molecular flexibility index (Phi) is 9.08. The first-order valence-electron chi connectivity index (χ1n) is 11.6. The van der Waals surface area contributed by atoms with E-state index in [1.165, 1.54) is 36.5 Å². The van der Waals surface area contributed by atoms with Crippen LogP contribution in [-0.4, -0.2) is 28.4 Å². The van der Waals surface area contributed by atoms with Crippen LogP contribution in [0.5, 0.6) is 0 Å². The molecule has 0 saturated heterocycles. The molecule has 1 atom stereocenters. The van der Waals surface area contributed by atoms with Gasteiger partial charge in [0.2, 0.25) is 5.82 Å². The average molecular weight is 654 g/mol. The second kappa shape index (κ2) is 12.0. The van der Waals surface area contributed by atoms with Gasteiger partial charge in [0.15, 0.2) is 11.5 Å². The minimum Gasteiger partial charge on any atom is -0.512 e. The predicted octanol–water partition coefficient (Wildman–Crippen LogP) is 4.82. The summed E-state index contributed by atoms with van der Waals surface area (Å²) >= 11 is 0. The summed E-state index contributed by atoms with van der Waals surface area (Å²) in [5, 5.41) is 8.36. The standard InChI is InChI=1S/C24H20BN3.C5H8O2.Ir/c1-17-8-7-9-18(2)24(17)25-20-10-3-4-12-22(20)27-23-16-19(13-15-28(23)25)21-11-5-6-14-26-21;1-4(6)3-5(2)7;/h3-12,14-16,20H,1-2H3;3,6H,1-2H3;/b;4-3-;. The SMILES string of the molecule is CC(=O)/C=C(/C)O.Cc1cccc(C)c1B1C2C=CC=CC2=Nc2cc(-c3ccccn3)[c-]c[n+]21.[Ir]. The van der Waals surface area contributed by atoms with Crippen molar-refractivity contribution in [3.63, 3.8) is 0 Å². The maximum Gasteiger partial charge on any atom is 0.426 e. The number of carbonyl (C=O) groups is 1. The molecule has 0 saturated carbocycles. The number of aromatic nitrogens is 2. The molecular weight excluding hydrogens is 625 g/mol. The van der Waals surface area contributed by atoms with Crippen LogP contribution in [0.3, 0.4) is 0 Å². The molecule has 0 fully saturated rings. The van der Waals surface area contributed by atoms with Crippen LogP contribution in [0.15, 0.2) is 96.0 Å². The Labute approximate surface area is 226 Å². The van der Waals surface area contributed by atoms with Crippen LogP contribution in [0, 0.1) is 19.9 Å². The molecule has 1 radical (unpaired) electrons. The first-order valence-corrected chi connectivity index (χ1v) is 11.6. The zero-order chi connectivity index (χ0) is 24.9. The number of aryl methyl sites for hydroxylation is 2. The quantitative estimate of drug-likeness (QED) is 0.191. The molecule has 0 amide bonds. The maximum absolute atomic E-state index is 10.0. The number of allylic oxidation sites excluding steroid dienone is 6. The van der Waals surface area contributed by atoms with Crippen molar-refractivity contribution in [3.05, 3.63) is 108 Å². The van der Waals surface area contributed by atoms with Crippen molar-refractivity contribution in [1.29, 1.82) is 0 Å². The van der Waals surface area contributed by atoms with Crippen LogP contribution >= 0.6 is 0 Å². The minimum atomic E-state index is -0.125. The van der Waals surface area contributed by atoms with E-state index in [-0.39, 0.29) is 44.3 Å². The van der Waals surface area contributed by atoms with Gasteiger partial charge in [-0.25, -0.2) is 0 Å². The Morgan fingerprint density at radius 3 is 2.47 bits per heavy atom. The Bertz CT molecular complexity index is 1360. The number of aliphatic hydroxyl groups excluding tert-OH is 1. The van der Waals surface area contributed by atoms with E-state index in [0.29, 0.717) is 0 Å². The number of rotatable bonds is 3. The molecule has 7 heteroatoms. The number of aliphatic imine (C=N–C) groups is 1. The van der Waals surface area contributed by atoms with Gasteiger partial charge >= 0.3 is 6.85 Å². The number of benzene rings is 1. The fraction of sp³-hybridized carbons (Fsp3) is 0.172. The van der Waals surface area contributed by atoms with Gasteiger partial charge in [-0.3, -0.25) is 4.79 Å². The van der Waals surface area contributed by atoms with Gasteiger partial charge < -0.3 is 14.6 Å². The van der Waals surface area contributed by atoms with Crippen LogP contribution in [0.1, 0.15) is 25.0 Å². The Morgan fingerprint density at radius 2 is 1.86 bits per heavy atom. The van der Waals surface area contributed by atoms with Crippen molar-refractivity contribution in [1.82, 2.24) is 4.98 Å². The topological polar surface area (TPSA) is 66.4 Å². The van der Waals surface area contributed by atoms with Gasteiger partial charge in [-0.1, -0.05) is 70.7 Å². The summed E-state index contributed by atoms with van der Waals surface area (Å²) in [6.07, 6.45) is 13.6. The molecule has 3 aromatic rings. The summed E-state index contributed by atoms with van der Waals surface area (Å²) in [7, 11) is 0. The van der Waals surface area contributed by atoms with E-state index >= 15 is 0 Å². The van der Waals surface area contributed by atoms with Gasteiger partial charge in [0.25, 0.3) is 0 Å². The largest absolute Gasteiger partial charge is 0.512 e. The molecule has 1 N–H and O–H groups in total. The Balaban J connectivity index is 0.000000400. The summed E-state index contributed by atoms with van der Waals surface area (Å²) in [6, 6.07) is 18.0. The molecule has 2 aromatic heterocycles. The molecule has 1 unspecified atom stereocenters. The van der Waals surface area contributed by atoms with E-state index in [2.05, 4.69) is 77.9 Å². The molecule has 1 aliphatic heterocycles. The van der Waals surface area contributed by atoms with Gasteiger partial charge in [0, 0.05) is 38.6 Å². The van der Waals surface area contributed by atoms with E-state index < -0.39 is 0 Å². The number of carbonyl (C=O) groups excluding carboxylic acids is 1. The van der Waals surface area contributed by atoms with E-state index in [1.54, 1.807) is 0 Å². The molecule has 0 spiro atoms. The van der Waals surface area contributed by atoms with Crippen LogP contribution in [0.25, 0.3) is 11.3 Å². The second-order valence-corrected chi connectivity index (χ2v) is 8.77. The monoisotopic (exact) mass is 654 g/mol. The molecule has 183 valence electrons. The molecule has 2 aliphatic rings. The fourth-order valence-corrected chi connectivity index (χ4v) is 4.57. The van der Waals surface area contributed by atoms with Crippen molar-refractivity contribution in [3.8, 4) is 11.3 Å². The normalized spacial score (nSPS) is 15.6. The average Bonchev–Trinajstić information content (AvgIpc) is 2.83. The van der Waals surface area contributed by atoms with Crippen molar-refractivity contribution in [2.24, 2.45) is 4.99 Å². The fourth-order valence-electron chi connectivity index (χ4n) is 4.57. The number of aliphatic hydroxyl groups is 1. The number of hydrogen-bond acceptors (Lipinski definition) is 4. The smallest absolute Gasteiger partial charge is 0.426 e. The third kappa shape index (κ3) is 6.04. The van der Waals surface area contributed by atoms with Crippen molar-refractivity contribution >= 4 is 29.6 Å². The third-order valence-electron chi connectivity index (χ3n) is 6.01. The first kappa shape index (κ1) is 27.2.